The highest BCUT2D eigenvalue weighted by Gasteiger charge is 2.22. The molecular formula is C16H20N2O2. The van der Waals surface area contributed by atoms with Crippen LogP contribution in [0.3, 0.4) is 0 Å². The Balaban J connectivity index is 2.52. The third-order valence-corrected chi connectivity index (χ3v) is 3.31. The number of methoxy groups -OCH3 is 1. The summed E-state index contributed by atoms with van der Waals surface area (Å²) in [6.07, 6.45) is 2.52. The first kappa shape index (κ1) is 14.3. The molecular weight excluding hydrogens is 252 g/mol. The minimum atomic E-state index is -0.0333. The molecule has 0 saturated carbocycles. The summed E-state index contributed by atoms with van der Waals surface area (Å²) in [5.74, 6) is 0.498. The van der Waals surface area contributed by atoms with Crippen LogP contribution in [-0.4, -0.2) is 22.7 Å². The van der Waals surface area contributed by atoms with Crippen molar-refractivity contribution in [2.24, 2.45) is 0 Å². The van der Waals surface area contributed by atoms with Crippen molar-refractivity contribution in [2.75, 3.05) is 7.11 Å². The molecule has 1 aromatic carbocycles. The van der Waals surface area contributed by atoms with Gasteiger partial charge in [-0.2, -0.15) is 5.10 Å². The van der Waals surface area contributed by atoms with Gasteiger partial charge in [0.2, 0.25) is 5.78 Å². The van der Waals surface area contributed by atoms with E-state index in [1.165, 1.54) is 0 Å². The average Bonchev–Trinajstić information content (AvgIpc) is 2.84. The molecule has 0 radical (unpaired) electrons. The highest BCUT2D eigenvalue weighted by atomic mass is 16.5. The van der Waals surface area contributed by atoms with E-state index in [2.05, 4.69) is 12.0 Å². The van der Waals surface area contributed by atoms with Gasteiger partial charge >= 0.3 is 0 Å². The lowest BCUT2D eigenvalue weighted by Crippen LogP contribution is -2.13. The molecule has 4 nitrogen and oxygen atoms in total. The van der Waals surface area contributed by atoms with Crippen LogP contribution in [0.2, 0.25) is 0 Å². The molecule has 0 aliphatic heterocycles. The zero-order valence-corrected chi connectivity index (χ0v) is 12.4. The molecule has 20 heavy (non-hydrogen) atoms. The minimum Gasteiger partial charge on any atom is -0.493 e. The first-order valence-corrected chi connectivity index (χ1v) is 6.80. The second-order valence-electron chi connectivity index (χ2n) is 4.93. The topological polar surface area (TPSA) is 44.1 Å². The van der Waals surface area contributed by atoms with E-state index in [1.54, 1.807) is 18.0 Å². The summed E-state index contributed by atoms with van der Waals surface area (Å²) in [5, 5.41) is 4.25. The molecule has 0 fully saturated rings. The van der Waals surface area contributed by atoms with E-state index >= 15 is 0 Å². The van der Waals surface area contributed by atoms with Crippen molar-refractivity contribution >= 4 is 5.78 Å². The molecule has 2 rings (SSSR count). The number of ether oxygens (including phenoxy) is 1. The summed E-state index contributed by atoms with van der Waals surface area (Å²) in [7, 11) is 1.56. The Morgan fingerprint density at radius 3 is 2.75 bits per heavy atom. The first-order chi connectivity index (χ1) is 9.58. The SMILES string of the molecule is CCCn1ncc(OC)c1C(=O)c1cc(C)ccc1C. The number of hydrogen-bond acceptors (Lipinski definition) is 3. The van der Waals surface area contributed by atoms with Gasteiger partial charge in [-0.15, -0.1) is 0 Å². The summed E-state index contributed by atoms with van der Waals surface area (Å²) in [4.78, 5) is 12.8. The van der Waals surface area contributed by atoms with Crippen molar-refractivity contribution in [1.82, 2.24) is 9.78 Å². The molecule has 1 aromatic heterocycles. The Morgan fingerprint density at radius 1 is 1.35 bits per heavy atom. The first-order valence-electron chi connectivity index (χ1n) is 6.80. The Bertz CT molecular complexity index is 629. The quantitative estimate of drug-likeness (QED) is 0.785. The Labute approximate surface area is 119 Å². The fraction of sp³-hybridized carbons (Fsp3) is 0.375. The maximum Gasteiger partial charge on any atom is 0.215 e. The number of ketones is 1. The van der Waals surface area contributed by atoms with E-state index in [9.17, 15) is 4.79 Å². The van der Waals surface area contributed by atoms with Crippen molar-refractivity contribution in [3.05, 3.63) is 46.8 Å². The van der Waals surface area contributed by atoms with Crippen LogP contribution in [0.4, 0.5) is 0 Å². The lowest BCUT2D eigenvalue weighted by Gasteiger charge is -2.10. The normalized spacial score (nSPS) is 10.6. The van der Waals surface area contributed by atoms with Crippen LogP contribution < -0.4 is 4.74 Å². The van der Waals surface area contributed by atoms with Crippen LogP contribution in [0.15, 0.2) is 24.4 Å². The average molecular weight is 272 g/mol. The molecule has 106 valence electrons. The van der Waals surface area contributed by atoms with E-state index in [4.69, 9.17) is 4.74 Å². The predicted octanol–water partition coefficient (Wildman–Crippen LogP) is 3.15. The number of aromatic nitrogens is 2. The van der Waals surface area contributed by atoms with Crippen LogP contribution in [0.1, 0.15) is 40.5 Å². The number of aryl methyl sites for hydroxylation is 3. The van der Waals surface area contributed by atoms with Crippen LogP contribution >= 0.6 is 0 Å². The van der Waals surface area contributed by atoms with Crippen LogP contribution in [-0.2, 0) is 6.54 Å². The maximum atomic E-state index is 12.8. The molecule has 0 bridgehead atoms. The summed E-state index contributed by atoms with van der Waals surface area (Å²) in [5.41, 5.74) is 3.27. The summed E-state index contributed by atoms with van der Waals surface area (Å²) >= 11 is 0. The van der Waals surface area contributed by atoms with Crippen molar-refractivity contribution in [3.8, 4) is 5.75 Å². The Morgan fingerprint density at radius 2 is 2.10 bits per heavy atom. The van der Waals surface area contributed by atoms with Crippen LogP contribution in [0.25, 0.3) is 0 Å². The number of carbonyl (C=O) groups is 1. The fourth-order valence-electron chi connectivity index (χ4n) is 2.24. The number of carbonyl (C=O) groups excluding carboxylic acids is 1. The van der Waals surface area contributed by atoms with Gasteiger partial charge in [-0.25, -0.2) is 0 Å². The number of benzene rings is 1. The second kappa shape index (κ2) is 5.90. The van der Waals surface area contributed by atoms with E-state index in [0.29, 0.717) is 23.6 Å². The molecule has 2 aromatic rings. The maximum absolute atomic E-state index is 12.8. The molecule has 0 atom stereocenters. The third-order valence-electron chi connectivity index (χ3n) is 3.31. The van der Waals surface area contributed by atoms with Crippen LogP contribution in [0.5, 0.6) is 5.75 Å². The largest absolute Gasteiger partial charge is 0.493 e. The zero-order chi connectivity index (χ0) is 14.7. The van der Waals surface area contributed by atoms with Gasteiger partial charge < -0.3 is 4.74 Å². The van der Waals surface area contributed by atoms with Gasteiger partial charge in [-0.05, 0) is 31.9 Å². The number of nitrogens with zero attached hydrogens (tertiary/aromatic N) is 2. The molecule has 0 saturated heterocycles. The molecule has 4 heteroatoms. The third kappa shape index (κ3) is 2.59. The highest BCUT2D eigenvalue weighted by molar-refractivity contribution is 6.10. The molecule has 0 amide bonds. The smallest absolute Gasteiger partial charge is 0.215 e. The Kier molecular flexibility index (Phi) is 4.23. The van der Waals surface area contributed by atoms with E-state index < -0.39 is 0 Å². The molecule has 0 spiro atoms. The van der Waals surface area contributed by atoms with Gasteiger partial charge in [-0.1, -0.05) is 24.6 Å². The predicted molar refractivity (Wildman–Crippen MR) is 78.4 cm³/mol. The standard InChI is InChI=1S/C16H20N2O2/c1-5-8-18-15(14(20-4)10-17-18)16(19)13-9-11(2)6-7-12(13)3/h6-7,9-10H,5,8H2,1-4H3. The second-order valence-corrected chi connectivity index (χ2v) is 4.93. The molecule has 1 heterocycles. The zero-order valence-electron chi connectivity index (χ0n) is 12.4. The molecule has 0 N–H and O–H groups in total. The summed E-state index contributed by atoms with van der Waals surface area (Å²) in [6, 6.07) is 5.89. The van der Waals surface area contributed by atoms with Gasteiger partial charge in [-0.3, -0.25) is 9.48 Å². The van der Waals surface area contributed by atoms with Gasteiger partial charge in [0.15, 0.2) is 11.4 Å². The number of rotatable bonds is 5. The molecule has 0 aliphatic rings. The number of hydrogen-bond donors (Lipinski definition) is 0. The van der Waals surface area contributed by atoms with Crippen molar-refractivity contribution < 1.29 is 9.53 Å². The van der Waals surface area contributed by atoms with E-state index in [1.807, 2.05) is 32.0 Å². The van der Waals surface area contributed by atoms with Crippen molar-refractivity contribution in [1.29, 1.82) is 0 Å². The molecule has 0 unspecified atom stereocenters. The minimum absolute atomic E-state index is 0.0333. The summed E-state index contributed by atoms with van der Waals surface area (Å²) < 4.78 is 7.01. The highest BCUT2D eigenvalue weighted by Crippen LogP contribution is 2.23. The van der Waals surface area contributed by atoms with Gasteiger partial charge in [0, 0.05) is 12.1 Å². The van der Waals surface area contributed by atoms with Gasteiger partial charge in [0.25, 0.3) is 0 Å². The van der Waals surface area contributed by atoms with Crippen molar-refractivity contribution in [2.45, 2.75) is 33.7 Å². The Hall–Kier alpha value is -2.10. The monoisotopic (exact) mass is 272 g/mol. The van der Waals surface area contributed by atoms with Crippen LogP contribution in [0, 0.1) is 13.8 Å². The van der Waals surface area contributed by atoms with Gasteiger partial charge in [0.1, 0.15) is 0 Å². The van der Waals surface area contributed by atoms with Crippen molar-refractivity contribution in [3.63, 3.8) is 0 Å². The lowest BCUT2D eigenvalue weighted by molar-refractivity contribution is 0.102. The lowest BCUT2D eigenvalue weighted by atomic mass is 10.00. The van der Waals surface area contributed by atoms with E-state index in [-0.39, 0.29) is 5.78 Å². The van der Waals surface area contributed by atoms with Gasteiger partial charge in [0.05, 0.1) is 13.3 Å². The fourth-order valence-corrected chi connectivity index (χ4v) is 2.24. The van der Waals surface area contributed by atoms with E-state index in [0.717, 1.165) is 17.5 Å². The molecule has 0 aliphatic carbocycles. The summed E-state index contributed by atoms with van der Waals surface area (Å²) in [6.45, 7) is 6.69.